The van der Waals surface area contributed by atoms with E-state index in [4.69, 9.17) is 9.47 Å². The minimum atomic E-state index is -1.34. The van der Waals surface area contributed by atoms with Gasteiger partial charge in [-0.3, -0.25) is 19.2 Å². The highest BCUT2D eigenvalue weighted by Gasteiger charge is 2.77. The minimum absolute atomic E-state index is 0.106. The molecule has 3 aliphatic heterocycles. The maximum Gasteiger partial charge on any atom is 0.313 e. The first-order chi connectivity index (χ1) is 24.5. The molecule has 3 aliphatic rings. The Balaban J connectivity index is 1.52. The molecule has 5 rings (SSSR count). The number of benzene rings is 2. The number of allylic oxidation sites excluding steroid dienone is 1. The van der Waals surface area contributed by atoms with Crippen LogP contribution in [0.25, 0.3) is 0 Å². The number of esters is 1. The Morgan fingerprint density at radius 1 is 1.10 bits per heavy atom. The topological polar surface area (TPSA) is 125 Å². The average molecular weight is 765 g/mol. The molecular formula is C40H50BrN3O7. The summed E-state index contributed by atoms with van der Waals surface area (Å²) in [6.07, 6.45) is 3.23. The Hall–Kier alpha value is -3.80. The van der Waals surface area contributed by atoms with Crippen LogP contribution in [0, 0.1) is 17.8 Å². The van der Waals surface area contributed by atoms with Crippen LogP contribution >= 0.6 is 15.9 Å². The number of carbonyl (C=O) groups excluding carboxylic acids is 4. The van der Waals surface area contributed by atoms with Crippen LogP contribution < -0.4 is 5.32 Å². The summed E-state index contributed by atoms with van der Waals surface area (Å²) in [4.78, 5) is 59.7. The van der Waals surface area contributed by atoms with Gasteiger partial charge in [0.25, 0.3) is 0 Å². The Morgan fingerprint density at radius 3 is 2.37 bits per heavy atom. The summed E-state index contributed by atoms with van der Waals surface area (Å²) in [6.45, 7) is 13.5. The standard InChI is InChI=1S/C40H50BrN3O7/c1-6-8-19-31(46)42-26(5)34(28-17-13-10-14-18-28)50-39(49)32-33-37(47)44(29(24-45)21-25(3)4)36(40(33)22-30(41)35(32)51-40)38(48)43(20-7-2)23-27-15-11-9-12-16-27/h6-7,9-18,25-26,29-30,32-36,45H,1-2,8,19-24H2,3-5H3,(H,42,46)/t26-,29-,30?,32+,33-,34-,35+,36+,40-/m1/s1. The highest BCUT2D eigenvalue weighted by molar-refractivity contribution is 9.09. The fourth-order valence-corrected chi connectivity index (χ4v) is 9.08. The number of rotatable bonds is 17. The molecule has 2 aromatic rings. The maximum absolute atomic E-state index is 14.9. The van der Waals surface area contributed by atoms with Crippen molar-refractivity contribution in [2.45, 2.75) is 93.8 Å². The van der Waals surface area contributed by atoms with E-state index < -0.39 is 59.6 Å². The number of hydrogen-bond acceptors (Lipinski definition) is 7. The van der Waals surface area contributed by atoms with Gasteiger partial charge in [0.05, 0.1) is 36.6 Å². The van der Waals surface area contributed by atoms with Crippen LogP contribution in [0.4, 0.5) is 0 Å². The van der Waals surface area contributed by atoms with Crippen molar-refractivity contribution < 1.29 is 33.8 Å². The van der Waals surface area contributed by atoms with Crippen molar-refractivity contribution in [2.75, 3.05) is 13.2 Å². The fraction of sp³-hybridized carbons (Fsp3) is 0.500. The summed E-state index contributed by atoms with van der Waals surface area (Å²) in [5, 5.41) is 13.7. The Labute approximate surface area is 309 Å². The normalized spacial score (nSPS) is 26.7. The second-order valence-electron chi connectivity index (χ2n) is 14.3. The highest BCUT2D eigenvalue weighted by atomic mass is 79.9. The number of carbonyl (C=O) groups is 4. The van der Waals surface area contributed by atoms with E-state index in [0.717, 1.165) is 5.56 Å². The van der Waals surface area contributed by atoms with Gasteiger partial charge in [-0.2, -0.15) is 0 Å². The Bertz CT molecular complexity index is 1570. The van der Waals surface area contributed by atoms with E-state index in [-0.39, 0.29) is 48.7 Å². The van der Waals surface area contributed by atoms with Crippen molar-refractivity contribution in [1.29, 1.82) is 0 Å². The average Bonchev–Trinajstić information content (AvgIpc) is 3.71. The van der Waals surface area contributed by atoms with Crippen molar-refractivity contribution >= 4 is 39.6 Å². The van der Waals surface area contributed by atoms with Crippen LogP contribution in [-0.2, 0) is 35.2 Å². The lowest BCUT2D eigenvalue weighted by atomic mass is 9.70. The summed E-state index contributed by atoms with van der Waals surface area (Å²) in [7, 11) is 0. The van der Waals surface area contributed by atoms with E-state index in [1.165, 1.54) is 4.90 Å². The molecule has 11 heteroatoms. The highest BCUT2D eigenvalue weighted by Crippen LogP contribution is 2.61. The molecule has 3 amide bonds. The monoisotopic (exact) mass is 763 g/mol. The van der Waals surface area contributed by atoms with E-state index in [0.29, 0.717) is 24.8 Å². The smallest absolute Gasteiger partial charge is 0.313 e. The zero-order valence-electron chi connectivity index (χ0n) is 29.7. The first kappa shape index (κ1) is 38.4. The van der Waals surface area contributed by atoms with Gasteiger partial charge < -0.3 is 29.7 Å². The first-order valence-electron chi connectivity index (χ1n) is 17.8. The van der Waals surface area contributed by atoms with Gasteiger partial charge in [-0.25, -0.2) is 0 Å². The number of nitrogens with zero attached hydrogens (tertiary/aromatic N) is 2. The number of halogens is 1. The quantitative estimate of drug-likeness (QED) is 0.130. The van der Waals surface area contributed by atoms with Crippen LogP contribution in [0.5, 0.6) is 0 Å². The number of alkyl halides is 1. The van der Waals surface area contributed by atoms with Gasteiger partial charge in [0, 0.05) is 24.3 Å². The molecular weight excluding hydrogens is 714 g/mol. The largest absolute Gasteiger partial charge is 0.455 e. The molecule has 3 fully saturated rings. The molecule has 1 unspecified atom stereocenters. The molecule has 3 heterocycles. The number of ether oxygens (including phenoxy) is 2. The van der Waals surface area contributed by atoms with Gasteiger partial charge in [0.2, 0.25) is 17.7 Å². The van der Waals surface area contributed by atoms with Crippen molar-refractivity contribution in [3.63, 3.8) is 0 Å². The lowest BCUT2D eigenvalue weighted by molar-refractivity contribution is -0.162. The number of nitrogens with one attached hydrogen (secondary N) is 1. The van der Waals surface area contributed by atoms with Crippen LogP contribution in [0.3, 0.4) is 0 Å². The van der Waals surface area contributed by atoms with E-state index in [2.05, 4.69) is 34.4 Å². The summed E-state index contributed by atoms with van der Waals surface area (Å²) < 4.78 is 13.0. The van der Waals surface area contributed by atoms with Gasteiger partial charge in [0.1, 0.15) is 17.7 Å². The maximum atomic E-state index is 14.9. The zero-order valence-corrected chi connectivity index (χ0v) is 31.2. The van der Waals surface area contributed by atoms with Crippen molar-refractivity contribution in [2.24, 2.45) is 17.8 Å². The van der Waals surface area contributed by atoms with E-state index in [1.54, 1.807) is 24.0 Å². The summed E-state index contributed by atoms with van der Waals surface area (Å²) in [6, 6.07) is 16.4. The number of fused-ring (bicyclic) bond motifs is 1. The van der Waals surface area contributed by atoms with Crippen LogP contribution in [-0.4, -0.2) is 86.4 Å². The molecule has 3 saturated heterocycles. The Morgan fingerprint density at radius 2 is 1.76 bits per heavy atom. The van der Waals surface area contributed by atoms with Gasteiger partial charge >= 0.3 is 5.97 Å². The predicted octanol–water partition coefficient (Wildman–Crippen LogP) is 5.11. The third-order valence-corrected chi connectivity index (χ3v) is 11.1. The molecule has 274 valence electrons. The molecule has 10 nitrogen and oxygen atoms in total. The van der Waals surface area contributed by atoms with E-state index >= 15 is 0 Å². The van der Waals surface area contributed by atoms with E-state index in [1.807, 2.05) is 74.5 Å². The molecule has 51 heavy (non-hydrogen) atoms. The minimum Gasteiger partial charge on any atom is -0.455 e. The summed E-state index contributed by atoms with van der Waals surface area (Å²) in [5.41, 5.74) is 0.249. The summed E-state index contributed by atoms with van der Waals surface area (Å²) >= 11 is 3.75. The number of aliphatic hydroxyl groups excluding tert-OH is 1. The van der Waals surface area contributed by atoms with Gasteiger partial charge in [-0.1, -0.05) is 103 Å². The van der Waals surface area contributed by atoms with Crippen LogP contribution in [0.1, 0.15) is 63.7 Å². The van der Waals surface area contributed by atoms with E-state index in [9.17, 15) is 24.3 Å². The molecule has 0 aromatic heterocycles. The van der Waals surface area contributed by atoms with Gasteiger partial charge in [0.15, 0.2) is 0 Å². The molecule has 0 aliphatic carbocycles. The number of likely N-dealkylation sites (tertiary alicyclic amines) is 1. The molecule has 9 atom stereocenters. The van der Waals surface area contributed by atoms with Crippen molar-refractivity contribution in [3.05, 3.63) is 97.1 Å². The SMILES string of the molecule is C=CCCC(=O)N[C@H](C)[C@@H](OC(=O)[C@@H]1[C@H]2O[C@@]3(CC2Br)[C@H](C(=O)N(CC=C)Cc2ccccc2)N([C@@H](CO)CC(C)C)C(=O)[C@@H]13)c1ccccc1. The van der Waals surface area contributed by atoms with Crippen molar-refractivity contribution in [3.8, 4) is 0 Å². The first-order valence-corrected chi connectivity index (χ1v) is 18.7. The lowest BCUT2D eigenvalue weighted by Gasteiger charge is -2.40. The molecule has 0 saturated carbocycles. The third-order valence-electron chi connectivity index (χ3n) is 10.2. The Kier molecular flexibility index (Phi) is 12.6. The van der Waals surface area contributed by atoms with Gasteiger partial charge in [-0.15, -0.1) is 13.2 Å². The zero-order chi connectivity index (χ0) is 36.9. The molecule has 2 bridgehead atoms. The molecule has 1 spiro atoms. The summed E-state index contributed by atoms with van der Waals surface area (Å²) in [5.74, 6) is -3.53. The van der Waals surface area contributed by atoms with Gasteiger partial charge in [-0.05, 0) is 43.2 Å². The third kappa shape index (κ3) is 7.85. The molecule has 2 N–H and O–H groups in total. The fourth-order valence-electron chi connectivity index (χ4n) is 8.13. The number of amides is 3. The lowest BCUT2D eigenvalue weighted by Crippen LogP contribution is -2.59. The predicted molar refractivity (Wildman–Crippen MR) is 197 cm³/mol. The number of aliphatic hydroxyl groups is 1. The molecule has 0 radical (unpaired) electrons. The van der Waals surface area contributed by atoms with Crippen LogP contribution in [0.15, 0.2) is 86.0 Å². The van der Waals surface area contributed by atoms with Crippen molar-refractivity contribution in [1.82, 2.24) is 15.1 Å². The molecule has 2 aromatic carbocycles. The second-order valence-corrected chi connectivity index (χ2v) is 15.5. The second kappa shape index (κ2) is 16.7. The number of hydrogen-bond donors (Lipinski definition) is 2. The van der Waals surface area contributed by atoms with Crippen LogP contribution in [0.2, 0.25) is 0 Å².